The van der Waals surface area contributed by atoms with Gasteiger partial charge in [-0.25, -0.2) is 0 Å². The minimum Gasteiger partial charge on any atom is -0.309 e. The third-order valence-corrected chi connectivity index (χ3v) is 4.30. The van der Waals surface area contributed by atoms with Crippen LogP contribution in [0.2, 0.25) is 0 Å². The fourth-order valence-corrected chi connectivity index (χ4v) is 3.31. The largest absolute Gasteiger partial charge is 0.309 e. The van der Waals surface area contributed by atoms with Crippen LogP contribution in [0.25, 0.3) is 0 Å². The Morgan fingerprint density at radius 2 is 1.90 bits per heavy atom. The zero-order chi connectivity index (χ0) is 15.3. The summed E-state index contributed by atoms with van der Waals surface area (Å²) in [6.07, 6.45) is 2.11. The van der Waals surface area contributed by atoms with Gasteiger partial charge in [0.15, 0.2) is 0 Å². The zero-order valence-electron chi connectivity index (χ0n) is 13.4. The lowest BCUT2D eigenvalue weighted by atomic mass is 9.89. The van der Waals surface area contributed by atoms with E-state index in [9.17, 15) is 0 Å². The van der Waals surface area contributed by atoms with E-state index < -0.39 is 0 Å². The maximum absolute atomic E-state index is 4.39. The molecule has 0 aliphatic heterocycles. The van der Waals surface area contributed by atoms with E-state index in [4.69, 9.17) is 0 Å². The van der Waals surface area contributed by atoms with Crippen LogP contribution < -0.4 is 5.32 Å². The normalized spacial score (nSPS) is 13.3. The van der Waals surface area contributed by atoms with E-state index in [1.54, 1.807) is 0 Å². The van der Waals surface area contributed by atoms with Crippen LogP contribution in [0.4, 0.5) is 0 Å². The Morgan fingerprint density at radius 1 is 1.19 bits per heavy atom. The summed E-state index contributed by atoms with van der Waals surface area (Å²) in [7, 11) is 0. The smallest absolute Gasteiger partial charge is 0.0857 e. The number of nitrogens with one attached hydrogen (secondary N) is 1. The van der Waals surface area contributed by atoms with E-state index in [-0.39, 0.29) is 5.41 Å². The van der Waals surface area contributed by atoms with Crippen LogP contribution in [0.1, 0.15) is 56.3 Å². The molecule has 3 nitrogen and oxygen atoms in total. The molecule has 1 atom stereocenters. The van der Waals surface area contributed by atoms with E-state index >= 15 is 0 Å². The van der Waals surface area contributed by atoms with Gasteiger partial charge < -0.3 is 5.32 Å². The van der Waals surface area contributed by atoms with E-state index in [1.165, 1.54) is 22.0 Å². The summed E-state index contributed by atoms with van der Waals surface area (Å²) in [5.41, 5.74) is 2.50. The summed E-state index contributed by atoms with van der Waals surface area (Å²) in [6, 6.07) is 10.9. The molecule has 0 fully saturated rings. The lowest BCUT2D eigenvalue weighted by Crippen LogP contribution is -2.26. The molecule has 2 aromatic rings. The van der Waals surface area contributed by atoms with Gasteiger partial charge in [0.2, 0.25) is 0 Å². The van der Waals surface area contributed by atoms with Crippen LogP contribution in [0, 0.1) is 0 Å². The van der Waals surface area contributed by atoms with Crippen LogP contribution in [0.15, 0.2) is 30.3 Å². The van der Waals surface area contributed by atoms with E-state index in [1.807, 2.05) is 0 Å². The second kappa shape index (κ2) is 7.14. The van der Waals surface area contributed by atoms with Crippen LogP contribution in [-0.4, -0.2) is 16.1 Å². The molecule has 1 unspecified atom stereocenters. The highest BCUT2D eigenvalue weighted by Gasteiger charge is 2.27. The SMILES string of the molecule is CCCNC(Cc1ccccc1)c1snnc1C(C)(C)C. The van der Waals surface area contributed by atoms with Crippen molar-refractivity contribution in [2.75, 3.05) is 6.54 Å². The molecule has 4 heteroatoms. The van der Waals surface area contributed by atoms with Gasteiger partial charge in [0.25, 0.3) is 0 Å². The van der Waals surface area contributed by atoms with Crippen molar-refractivity contribution in [3.05, 3.63) is 46.5 Å². The molecule has 2 rings (SSSR count). The maximum atomic E-state index is 4.39. The molecule has 0 spiro atoms. The van der Waals surface area contributed by atoms with E-state index in [0.29, 0.717) is 6.04 Å². The lowest BCUT2D eigenvalue weighted by Gasteiger charge is -2.23. The first-order chi connectivity index (χ1) is 10.0. The molecule has 0 aliphatic rings. The molecule has 0 aliphatic carbocycles. The highest BCUT2D eigenvalue weighted by atomic mass is 32.1. The van der Waals surface area contributed by atoms with Gasteiger partial charge in [-0.1, -0.05) is 62.5 Å². The number of hydrogen-bond acceptors (Lipinski definition) is 4. The number of nitrogens with zero attached hydrogens (tertiary/aromatic N) is 2. The van der Waals surface area contributed by atoms with Crippen molar-refractivity contribution >= 4 is 11.5 Å². The van der Waals surface area contributed by atoms with Crippen molar-refractivity contribution < 1.29 is 0 Å². The molecule has 0 saturated heterocycles. The van der Waals surface area contributed by atoms with Crippen molar-refractivity contribution in [2.24, 2.45) is 0 Å². The molecule has 1 N–H and O–H groups in total. The fourth-order valence-electron chi connectivity index (χ4n) is 2.37. The Kier molecular flexibility index (Phi) is 5.48. The number of hydrogen-bond donors (Lipinski definition) is 1. The second-order valence-corrected chi connectivity index (χ2v) is 7.22. The number of aromatic nitrogens is 2. The summed E-state index contributed by atoms with van der Waals surface area (Å²) >= 11 is 1.53. The average molecular weight is 303 g/mol. The van der Waals surface area contributed by atoms with Gasteiger partial charge in [-0.2, -0.15) is 0 Å². The van der Waals surface area contributed by atoms with Gasteiger partial charge in [0.1, 0.15) is 0 Å². The molecule has 0 saturated carbocycles. The first-order valence-corrected chi connectivity index (χ1v) is 8.39. The average Bonchev–Trinajstić information content (AvgIpc) is 2.94. The van der Waals surface area contributed by atoms with Crippen LogP contribution in [0.3, 0.4) is 0 Å². The molecule has 21 heavy (non-hydrogen) atoms. The molecule has 1 heterocycles. The van der Waals surface area contributed by atoms with Gasteiger partial charge >= 0.3 is 0 Å². The summed E-state index contributed by atoms with van der Waals surface area (Å²) in [5.74, 6) is 0. The summed E-state index contributed by atoms with van der Waals surface area (Å²) in [4.78, 5) is 1.28. The minimum atomic E-state index is 0.0329. The standard InChI is InChI=1S/C17H25N3S/c1-5-11-18-14(12-13-9-7-6-8-10-13)15-16(17(2,3)4)19-20-21-15/h6-10,14,18H,5,11-12H2,1-4H3. The first kappa shape index (κ1) is 16.1. The number of rotatable bonds is 6. The maximum Gasteiger partial charge on any atom is 0.0857 e. The molecule has 1 aromatic carbocycles. The lowest BCUT2D eigenvalue weighted by molar-refractivity contribution is 0.504. The predicted octanol–water partition coefficient (Wildman–Crippen LogP) is 4.12. The highest BCUT2D eigenvalue weighted by molar-refractivity contribution is 7.05. The highest BCUT2D eigenvalue weighted by Crippen LogP contribution is 2.32. The van der Waals surface area contributed by atoms with Gasteiger partial charge in [0, 0.05) is 11.5 Å². The second-order valence-electron chi connectivity index (χ2n) is 6.43. The molecule has 1 aromatic heterocycles. The fraction of sp³-hybridized carbons (Fsp3) is 0.529. The quantitative estimate of drug-likeness (QED) is 0.872. The molecule has 114 valence electrons. The summed E-state index contributed by atoms with van der Waals surface area (Å²) < 4.78 is 4.21. The summed E-state index contributed by atoms with van der Waals surface area (Å²) in [6.45, 7) is 9.81. The third kappa shape index (κ3) is 4.35. The van der Waals surface area contributed by atoms with Crippen molar-refractivity contribution in [1.82, 2.24) is 14.9 Å². The first-order valence-electron chi connectivity index (χ1n) is 7.62. The zero-order valence-corrected chi connectivity index (χ0v) is 14.2. The Balaban J connectivity index is 2.26. The van der Waals surface area contributed by atoms with E-state index in [0.717, 1.165) is 25.1 Å². The van der Waals surface area contributed by atoms with Crippen LogP contribution in [0.5, 0.6) is 0 Å². The monoisotopic (exact) mass is 303 g/mol. The Labute approximate surface area is 132 Å². The van der Waals surface area contributed by atoms with Crippen molar-refractivity contribution in [3.63, 3.8) is 0 Å². The molecular weight excluding hydrogens is 278 g/mol. The Morgan fingerprint density at radius 3 is 2.52 bits per heavy atom. The van der Waals surface area contributed by atoms with Gasteiger partial charge in [-0.05, 0) is 36.5 Å². The minimum absolute atomic E-state index is 0.0329. The summed E-state index contributed by atoms with van der Waals surface area (Å²) in [5, 5.41) is 8.05. The van der Waals surface area contributed by atoms with Gasteiger partial charge in [-0.3, -0.25) is 0 Å². The van der Waals surface area contributed by atoms with Crippen molar-refractivity contribution in [1.29, 1.82) is 0 Å². The van der Waals surface area contributed by atoms with E-state index in [2.05, 4.69) is 72.9 Å². The molecule has 0 bridgehead atoms. The van der Waals surface area contributed by atoms with Gasteiger partial charge in [-0.15, -0.1) is 5.10 Å². The van der Waals surface area contributed by atoms with Crippen molar-refractivity contribution in [2.45, 2.75) is 52.0 Å². The third-order valence-electron chi connectivity index (χ3n) is 3.46. The Hall–Kier alpha value is -1.26. The predicted molar refractivity (Wildman–Crippen MR) is 89.8 cm³/mol. The Bertz CT molecular complexity index is 543. The van der Waals surface area contributed by atoms with Crippen LogP contribution in [-0.2, 0) is 11.8 Å². The van der Waals surface area contributed by atoms with Gasteiger partial charge in [0.05, 0.1) is 10.6 Å². The molecular formula is C17H25N3S. The number of benzene rings is 1. The van der Waals surface area contributed by atoms with Crippen LogP contribution >= 0.6 is 11.5 Å². The molecule has 0 radical (unpaired) electrons. The molecule has 0 amide bonds. The topological polar surface area (TPSA) is 37.8 Å². The van der Waals surface area contributed by atoms with Crippen molar-refractivity contribution in [3.8, 4) is 0 Å².